The van der Waals surface area contributed by atoms with Gasteiger partial charge in [-0.1, -0.05) is 17.7 Å². The van der Waals surface area contributed by atoms with Crippen LogP contribution in [0.4, 0.5) is 5.69 Å². The zero-order valence-electron chi connectivity index (χ0n) is 17.1. The molecule has 1 N–H and O–H groups in total. The molecule has 1 heterocycles. The van der Waals surface area contributed by atoms with Crippen LogP contribution in [0.15, 0.2) is 54.7 Å². The Kier molecular flexibility index (Phi) is 6.54. The highest BCUT2D eigenvalue weighted by Crippen LogP contribution is 2.21. The van der Waals surface area contributed by atoms with Crippen LogP contribution in [-0.2, 0) is 16.1 Å². The molecule has 152 valence electrons. The Morgan fingerprint density at radius 3 is 2.45 bits per heavy atom. The van der Waals surface area contributed by atoms with E-state index in [0.717, 1.165) is 16.5 Å². The van der Waals surface area contributed by atoms with Gasteiger partial charge in [0.05, 0.1) is 0 Å². The van der Waals surface area contributed by atoms with E-state index in [1.165, 1.54) is 0 Å². The van der Waals surface area contributed by atoms with Crippen molar-refractivity contribution in [1.29, 1.82) is 0 Å². The van der Waals surface area contributed by atoms with E-state index in [9.17, 15) is 9.59 Å². The summed E-state index contributed by atoms with van der Waals surface area (Å²) in [5, 5.41) is 3.82. The molecule has 0 aliphatic rings. The second-order valence-corrected chi connectivity index (χ2v) is 6.93. The van der Waals surface area contributed by atoms with Crippen molar-refractivity contribution in [2.45, 2.75) is 27.3 Å². The highest BCUT2D eigenvalue weighted by atomic mass is 16.5. The summed E-state index contributed by atoms with van der Waals surface area (Å²) in [5.41, 5.74) is 2.79. The number of aromatic nitrogens is 1. The number of carbonyl (C=O) groups is 2. The van der Waals surface area contributed by atoms with E-state index in [4.69, 9.17) is 4.74 Å². The van der Waals surface area contributed by atoms with Crippen LogP contribution in [-0.4, -0.2) is 41.0 Å². The van der Waals surface area contributed by atoms with Gasteiger partial charge in [0.15, 0.2) is 6.61 Å². The number of aryl methyl sites for hydroxylation is 1. The van der Waals surface area contributed by atoms with Gasteiger partial charge in [0, 0.05) is 35.9 Å². The van der Waals surface area contributed by atoms with Crippen molar-refractivity contribution in [3.05, 3.63) is 60.3 Å². The number of nitrogens with one attached hydrogen (secondary N) is 1. The molecule has 0 atom stereocenters. The summed E-state index contributed by atoms with van der Waals surface area (Å²) >= 11 is 0. The predicted molar refractivity (Wildman–Crippen MR) is 115 cm³/mol. The first-order chi connectivity index (χ1) is 14.0. The van der Waals surface area contributed by atoms with E-state index >= 15 is 0 Å². The second-order valence-electron chi connectivity index (χ2n) is 6.93. The standard InChI is InChI=1S/C23H27N3O3/c1-4-25(5-2)23(28)15-26-13-12-18-14-19(8-11-21(18)26)24-22(27)16-29-20-9-6-17(3)7-10-20/h6-14H,4-5,15-16H2,1-3H3,(H,24,27). The molecular formula is C23H27N3O3. The normalized spacial score (nSPS) is 10.7. The van der Waals surface area contributed by atoms with Gasteiger partial charge in [0.2, 0.25) is 5.91 Å². The molecule has 6 heteroatoms. The van der Waals surface area contributed by atoms with Crippen molar-refractivity contribution >= 4 is 28.4 Å². The summed E-state index contributed by atoms with van der Waals surface area (Å²) in [6, 6.07) is 15.2. The average Bonchev–Trinajstić information content (AvgIpc) is 3.10. The molecule has 0 saturated heterocycles. The van der Waals surface area contributed by atoms with E-state index in [1.54, 1.807) is 0 Å². The minimum Gasteiger partial charge on any atom is -0.484 e. The Labute approximate surface area is 171 Å². The fourth-order valence-electron chi connectivity index (χ4n) is 3.22. The van der Waals surface area contributed by atoms with Crippen LogP contribution in [0.2, 0.25) is 0 Å². The van der Waals surface area contributed by atoms with Crippen LogP contribution in [0, 0.1) is 6.92 Å². The zero-order chi connectivity index (χ0) is 20.8. The molecule has 0 aliphatic heterocycles. The van der Waals surface area contributed by atoms with Crippen LogP contribution in [0.3, 0.4) is 0 Å². The third kappa shape index (κ3) is 5.16. The van der Waals surface area contributed by atoms with Gasteiger partial charge in [-0.05, 0) is 57.2 Å². The summed E-state index contributed by atoms with van der Waals surface area (Å²) in [5.74, 6) is 0.537. The summed E-state index contributed by atoms with van der Waals surface area (Å²) in [4.78, 5) is 26.4. The van der Waals surface area contributed by atoms with Crippen molar-refractivity contribution in [3.8, 4) is 5.75 Å². The van der Waals surface area contributed by atoms with E-state index in [2.05, 4.69) is 5.32 Å². The Bertz CT molecular complexity index is 988. The number of benzene rings is 2. The lowest BCUT2D eigenvalue weighted by molar-refractivity contribution is -0.131. The van der Waals surface area contributed by atoms with Gasteiger partial charge in [0.1, 0.15) is 12.3 Å². The Morgan fingerprint density at radius 2 is 1.76 bits per heavy atom. The average molecular weight is 393 g/mol. The Balaban J connectivity index is 1.62. The number of fused-ring (bicyclic) bond motifs is 1. The molecule has 3 aromatic rings. The van der Waals surface area contributed by atoms with Crippen LogP contribution >= 0.6 is 0 Å². The lowest BCUT2D eigenvalue weighted by Crippen LogP contribution is -2.33. The maximum atomic E-state index is 12.4. The van der Waals surface area contributed by atoms with Gasteiger partial charge in [0.25, 0.3) is 5.91 Å². The van der Waals surface area contributed by atoms with Crippen molar-refractivity contribution in [3.63, 3.8) is 0 Å². The van der Waals surface area contributed by atoms with Crippen molar-refractivity contribution in [2.75, 3.05) is 25.0 Å². The summed E-state index contributed by atoms with van der Waals surface area (Å²) in [6.45, 7) is 7.62. The van der Waals surface area contributed by atoms with E-state index < -0.39 is 0 Å². The third-order valence-electron chi connectivity index (χ3n) is 4.87. The first kappa shape index (κ1) is 20.5. The fraction of sp³-hybridized carbons (Fsp3) is 0.304. The number of likely N-dealkylation sites (N-methyl/N-ethyl adjacent to an activating group) is 1. The number of amides is 2. The van der Waals surface area contributed by atoms with Gasteiger partial charge >= 0.3 is 0 Å². The first-order valence-electron chi connectivity index (χ1n) is 9.86. The lowest BCUT2D eigenvalue weighted by Gasteiger charge is -2.19. The van der Waals surface area contributed by atoms with Gasteiger partial charge < -0.3 is 19.5 Å². The topological polar surface area (TPSA) is 63.6 Å². The SMILES string of the molecule is CCN(CC)C(=O)Cn1ccc2cc(NC(=O)COc3ccc(C)cc3)ccc21. The molecule has 0 radical (unpaired) electrons. The van der Waals surface area contributed by atoms with Crippen LogP contribution in [0.25, 0.3) is 10.9 Å². The predicted octanol–water partition coefficient (Wildman–Crippen LogP) is 3.84. The summed E-state index contributed by atoms with van der Waals surface area (Å²) in [7, 11) is 0. The van der Waals surface area contributed by atoms with Crippen LogP contribution in [0.1, 0.15) is 19.4 Å². The smallest absolute Gasteiger partial charge is 0.262 e. The second kappa shape index (κ2) is 9.28. The van der Waals surface area contributed by atoms with Crippen LogP contribution < -0.4 is 10.1 Å². The summed E-state index contributed by atoms with van der Waals surface area (Å²) in [6.07, 6.45) is 1.90. The Morgan fingerprint density at radius 1 is 1.03 bits per heavy atom. The van der Waals surface area contributed by atoms with Crippen molar-refractivity contribution < 1.29 is 14.3 Å². The number of ether oxygens (including phenoxy) is 1. The van der Waals surface area contributed by atoms with Crippen molar-refractivity contribution in [2.24, 2.45) is 0 Å². The fourth-order valence-corrected chi connectivity index (χ4v) is 3.22. The first-order valence-corrected chi connectivity index (χ1v) is 9.86. The number of hydrogen-bond donors (Lipinski definition) is 1. The monoisotopic (exact) mass is 393 g/mol. The molecule has 2 aromatic carbocycles. The minimum absolute atomic E-state index is 0.0551. The lowest BCUT2D eigenvalue weighted by atomic mass is 10.2. The molecule has 0 fully saturated rings. The molecule has 0 spiro atoms. The summed E-state index contributed by atoms with van der Waals surface area (Å²) < 4.78 is 7.45. The molecule has 29 heavy (non-hydrogen) atoms. The maximum absolute atomic E-state index is 12.4. The molecule has 0 aliphatic carbocycles. The van der Waals surface area contributed by atoms with E-state index in [-0.39, 0.29) is 18.4 Å². The minimum atomic E-state index is -0.221. The maximum Gasteiger partial charge on any atom is 0.262 e. The highest BCUT2D eigenvalue weighted by Gasteiger charge is 2.12. The quantitative estimate of drug-likeness (QED) is 0.633. The zero-order valence-corrected chi connectivity index (χ0v) is 17.1. The van der Waals surface area contributed by atoms with E-state index in [0.29, 0.717) is 31.1 Å². The van der Waals surface area contributed by atoms with Gasteiger partial charge in [-0.2, -0.15) is 0 Å². The largest absolute Gasteiger partial charge is 0.484 e. The molecular weight excluding hydrogens is 366 g/mol. The third-order valence-corrected chi connectivity index (χ3v) is 4.87. The van der Waals surface area contributed by atoms with Crippen LogP contribution in [0.5, 0.6) is 5.75 Å². The number of anilines is 1. The van der Waals surface area contributed by atoms with Crippen molar-refractivity contribution in [1.82, 2.24) is 9.47 Å². The van der Waals surface area contributed by atoms with Gasteiger partial charge in [-0.25, -0.2) is 0 Å². The highest BCUT2D eigenvalue weighted by molar-refractivity contribution is 5.95. The van der Waals surface area contributed by atoms with E-state index in [1.807, 2.05) is 85.0 Å². The molecule has 0 unspecified atom stereocenters. The molecule has 1 aromatic heterocycles. The number of carbonyl (C=O) groups excluding carboxylic acids is 2. The molecule has 6 nitrogen and oxygen atoms in total. The van der Waals surface area contributed by atoms with Gasteiger partial charge in [-0.3, -0.25) is 9.59 Å². The molecule has 3 rings (SSSR count). The van der Waals surface area contributed by atoms with Gasteiger partial charge in [-0.15, -0.1) is 0 Å². The molecule has 2 amide bonds. The number of rotatable bonds is 8. The molecule has 0 saturated carbocycles. The Hall–Kier alpha value is -3.28. The number of hydrogen-bond acceptors (Lipinski definition) is 3. The number of nitrogens with zero attached hydrogens (tertiary/aromatic N) is 2. The molecule has 0 bridgehead atoms.